The molecule has 0 spiro atoms. The molecule has 0 atom stereocenters. The highest BCUT2D eigenvalue weighted by atomic mass is 16.1. The highest BCUT2D eigenvalue weighted by molar-refractivity contribution is 5.97. The zero-order valence-electron chi connectivity index (χ0n) is 11.6. The molecule has 0 N–H and O–H groups in total. The highest BCUT2D eigenvalue weighted by Crippen LogP contribution is 2.19. The van der Waals surface area contributed by atoms with Crippen molar-refractivity contribution in [2.45, 2.75) is 6.42 Å². The standard InChI is InChI=1S/C19H15NO/c21-19(17-5-2-1-3-6-17)13-15-8-10-16(11-9-15)18-7-4-12-20-14-18/h1-12,14H,13H2. The third-order valence-electron chi connectivity index (χ3n) is 3.41. The van der Waals surface area contributed by atoms with Crippen LogP contribution in [0.2, 0.25) is 0 Å². The van der Waals surface area contributed by atoms with Crippen molar-refractivity contribution in [3.8, 4) is 11.1 Å². The summed E-state index contributed by atoms with van der Waals surface area (Å²) in [5.74, 6) is 0.143. The van der Waals surface area contributed by atoms with Gasteiger partial charge >= 0.3 is 0 Å². The molecular weight excluding hydrogens is 258 g/mol. The number of nitrogens with zero attached hydrogens (tertiary/aromatic N) is 1. The van der Waals surface area contributed by atoms with Gasteiger partial charge in [-0.1, -0.05) is 60.7 Å². The minimum absolute atomic E-state index is 0.143. The van der Waals surface area contributed by atoms with Crippen molar-refractivity contribution in [1.82, 2.24) is 4.98 Å². The maximum Gasteiger partial charge on any atom is 0.167 e. The topological polar surface area (TPSA) is 30.0 Å². The molecule has 1 aromatic heterocycles. The van der Waals surface area contributed by atoms with Gasteiger partial charge in [0.15, 0.2) is 5.78 Å². The second kappa shape index (κ2) is 6.14. The normalized spacial score (nSPS) is 10.3. The molecule has 1 heterocycles. The molecule has 0 aliphatic heterocycles. The Morgan fingerprint density at radius 2 is 1.57 bits per heavy atom. The van der Waals surface area contributed by atoms with Gasteiger partial charge in [0, 0.05) is 24.4 Å². The first kappa shape index (κ1) is 13.3. The Morgan fingerprint density at radius 1 is 0.810 bits per heavy atom. The van der Waals surface area contributed by atoms with Crippen molar-refractivity contribution in [1.29, 1.82) is 0 Å². The van der Waals surface area contributed by atoms with Crippen LogP contribution in [0, 0.1) is 0 Å². The molecule has 0 saturated heterocycles. The van der Waals surface area contributed by atoms with Gasteiger partial charge in [-0.2, -0.15) is 0 Å². The van der Waals surface area contributed by atoms with Crippen molar-refractivity contribution in [2.75, 3.05) is 0 Å². The van der Waals surface area contributed by atoms with Gasteiger partial charge in [0.1, 0.15) is 0 Å². The molecule has 0 fully saturated rings. The Labute approximate surface area is 124 Å². The Kier molecular flexibility index (Phi) is 3.88. The second-order valence-electron chi connectivity index (χ2n) is 4.90. The van der Waals surface area contributed by atoms with E-state index in [0.29, 0.717) is 6.42 Å². The van der Waals surface area contributed by atoms with Crippen LogP contribution in [0.1, 0.15) is 15.9 Å². The van der Waals surface area contributed by atoms with E-state index in [1.165, 1.54) is 0 Å². The number of ketones is 1. The van der Waals surface area contributed by atoms with Crippen LogP contribution in [0.5, 0.6) is 0 Å². The second-order valence-corrected chi connectivity index (χ2v) is 4.90. The van der Waals surface area contributed by atoms with Gasteiger partial charge in [-0.25, -0.2) is 0 Å². The van der Waals surface area contributed by atoms with E-state index in [9.17, 15) is 4.79 Å². The third-order valence-corrected chi connectivity index (χ3v) is 3.41. The van der Waals surface area contributed by atoms with Crippen LogP contribution in [0.4, 0.5) is 0 Å². The first-order valence-corrected chi connectivity index (χ1v) is 6.90. The van der Waals surface area contributed by atoms with Gasteiger partial charge in [0.2, 0.25) is 0 Å². The van der Waals surface area contributed by atoms with E-state index in [2.05, 4.69) is 4.98 Å². The summed E-state index contributed by atoms with van der Waals surface area (Å²) < 4.78 is 0. The summed E-state index contributed by atoms with van der Waals surface area (Å²) in [6.07, 6.45) is 4.03. The fraction of sp³-hybridized carbons (Fsp3) is 0.0526. The largest absolute Gasteiger partial charge is 0.294 e. The van der Waals surface area contributed by atoms with Crippen molar-refractivity contribution in [3.05, 3.63) is 90.3 Å². The first-order chi connectivity index (χ1) is 10.3. The van der Waals surface area contributed by atoms with Crippen LogP contribution in [0.25, 0.3) is 11.1 Å². The Bertz CT molecular complexity index is 719. The molecule has 102 valence electrons. The lowest BCUT2D eigenvalue weighted by Crippen LogP contribution is -2.02. The molecule has 3 rings (SSSR count). The number of carbonyl (C=O) groups excluding carboxylic acids is 1. The average molecular weight is 273 g/mol. The first-order valence-electron chi connectivity index (χ1n) is 6.90. The fourth-order valence-electron chi connectivity index (χ4n) is 2.26. The number of carbonyl (C=O) groups is 1. The van der Waals surface area contributed by atoms with Crippen LogP contribution in [-0.4, -0.2) is 10.8 Å². The number of Topliss-reactive ketones (excluding diaryl/α,β-unsaturated/α-hetero) is 1. The van der Waals surface area contributed by atoms with Gasteiger partial charge in [-0.3, -0.25) is 9.78 Å². The molecule has 21 heavy (non-hydrogen) atoms. The molecule has 0 saturated carbocycles. The molecule has 0 bridgehead atoms. The number of rotatable bonds is 4. The van der Waals surface area contributed by atoms with E-state index in [0.717, 1.165) is 22.3 Å². The SMILES string of the molecule is O=C(Cc1ccc(-c2cccnc2)cc1)c1ccccc1. The van der Waals surface area contributed by atoms with Gasteiger partial charge in [-0.15, -0.1) is 0 Å². The van der Waals surface area contributed by atoms with Gasteiger partial charge in [0.05, 0.1) is 0 Å². The van der Waals surface area contributed by atoms with Gasteiger partial charge in [-0.05, 0) is 22.8 Å². The number of benzene rings is 2. The predicted molar refractivity (Wildman–Crippen MR) is 84.1 cm³/mol. The molecule has 2 aromatic carbocycles. The smallest absolute Gasteiger partial charge is 0.167 e. The predicted octanol–water partition coefficient (Wildman–Crippen LogP) is 4.17. The summed E-state index contributed by atoms with van der Waals surface area (Å²) in [4.78, 5) is 16.3. The lowest BCUT2D eigenvalue weighted by molar-refractivity contribution is 0.0993. The quantitative estimate of drug-likeness (QED) is 0.668. The Morgan fingerprint density at radius 3 is 2.24 bits per heavy atom. The van der Waals surface area contributed by atoms with Crippen LogP contribution in [-0.2, 0) is 6.42 Å². The summed E-state index contributed by atoms with van der Waals surface area (Å²) >= 11 is 0. The number of hydrogen-bond donors (Lipinski definition) is 0. The lowest BCUT2D eigenvalue weighted by Gasteiger charge is -2.04. The molecule has 3 aromatic rings. The summed E-state index contributed by atoms with van der Waals surface area (Å²) in [6, 6.07) is 21.4. The molecule has 0 unspecified atom stereocenters. The number of aromatic nitrogens is 1. The molecule has 0 radical (unpaired) electrons. The van der Waals surface area contributed by atoms with Crippen LogP contribution in [0.3, 0.4) is 0 Å². The monoisotopic (exact) mass is 273 g/mol. The van der Waals surface area contributed by atoms with Crippen molar-refractivity contribution in [3.63, 3.8) is 0 Å². The van der Waals surface area contributed by atoms with E-state index >= 15 is 0 Å². The summed E-state index contributed by atoms with van der Waals surface area (Å²) in [7, 11) is 0. The van der Waals surface area contributed by atoms with Crippen molar-refractivity contribution in [2.24, 2.45) is 0 Å². The number of pyridine rings is 1. The molecule has 2 nitrogen and oxygen atoms in total. The van der Waals surface area contributed by atoms with Crippen LogP contribution >= 0.6 is 0 Å². The zero-order chi connectivity index (χ0) is 14.5. The van der Waals surface area contributed by atoms with E-state index < -0.39 is 0 Å². The summed E-state index contributed by atoms with van der Waals surface area (Å²) in [5.41, 5.74) is 3.97. The van der Waals surface area contributed by atoms with Gasteiger partial charge in [0.25, 0.3) is 0 Å². The van der Waals surface area contributed by atoms with E-state index in [1.54, 1.807) is 6.20 Å². The van der Waals surface area contributed by atoms with E-state index in [4.69, 9.17) is 0 Å². The molecular formula is C19H15NO. The molecule has 2 heteroatoms. The average Bonchev–Trinajstić information content (AvgIpc) is 2.57. The fourth-order valence-corrected chi connectivity index (χ4v) is 2.26. The summed E-state index contributed by atoms with van der Waals surface area (Å²) in [6.45, 7) is 0. The Hall–Kier alpha value is -2.74. The minimum atomic E-state index is 0.143. The molecule has 0 amide bonds. The highest BCUT2D eigenvalue weighted by Gasteiger charge is 2.06. The number of hydrogen-bond acceptors (Lipinski definition) is 2. The third kappa shape index (κ3) is 3.23. The molecule has 0 aliphatic carbocycles. The van der Waals surface area contributed by atoms with Gasteiger partial charge < -0.3 is 0 Å². The lowest BCUT2D eigenvalue weighted by atomic mass is 10.0. The summed E-state index contributed by atoms with van der Waals surface area (Å²) in [5, 5.41) is 0. The maximum absolute atomic E-state index is 12.2. The van der Waals surface area contributed by atoms with Crippen LogP contribution in [0.15, 0.2) is 79.1 Å². The molecule has 0 aliphatic rings. The Balaban J connectivity index is 1.75. The maximum atomic E-state index is 12.2. The van der Waals surface area contributed by atoms with Crippen LogP contribution < -0.4 is 0 Å². The van der Waals surface area contributed by atoms with Crippen molar-refractivity contribution >= 4 is 5.78 Å². The minimum Gasteiger partial charge on any atom is -0.294 e. The van der Waals surface area contributed by atoms with Crippen molar-refractivity contribution < 1.29 is 4.79 Å². The zero-order valence-corrected chi connectivity index (χ0v) is 11.6. The van der Waals surface area contributed by atoms with E-state index in [1.807, 2.05) is 72.9 Å². The van der Waals surface area contributed by atoms with E-state index in [-0.39, 0.29) is 5.78 Å².